The summed E-state index contributed by atoms with van der Waals surface area (Å²) in [5.41, 5.74) is 4.11. The molecule has 0 aliphatic heterocycles. The topological polar surface area (TPSA) is 36.4 Å². The normalized spacial score (nSPS) is 11.5. The van der Waals surface area contributed by atoms with Gasteiger partial charge in [-0.25, -0.2) is 0 Å². The van der Waals surface area contributed by atoms with Gasteiger partial charge >= 0.3 is 0 Å². The highest BCUT2D eigenvalue weighted by Gasteiger charge is 2.00. The van der Waals surface area contributed by atoms with Crippen molar-refractivity contribution in [3.05, 3.63) is 34.9 Å². The van der Waals surface area contributed by atoms with Crippen LogP contribution < -0.4 is 10.6 Å². The van der Waals surface area contributed by atoms with E-state index in [2.05, 4.69) is 61.5 Å². The number of benzene rings is 1. The van der Waals surface area contributed by atoms with Gasteiger partial charge in [0.1, 0.15) is 0 Å². The van der Waals surface area contributed by atoms with Crippen LogP contribution in [0.2, 0.25) is 0 Å². The Balaban J connectivity index is 2.47. The van der Waals surface area contributed by atoms with E-state index in [1.54, 1.807) is 0 Å². The molecular weight excluding hydrogens is 234 g/mol. The third-order valence-corrected chi connectivity index (χ3v) is 3.02. The fourth-order valence-corrected chi connectivity index (χ4v) is 2.01. The summed E-state index contributed by atoms with van der Waals surface area (Å²) in [4.78, 5) is 4.49. The smallest absolute Gasteiger partial charge is 0.191 e. The van der Waals surface area contributed by atoms with Crippen LogP contribution in [0.15, 0.2) is 23.2 Å². The van der Waals surface area contributed by atoms with E-state index < -0.39 is 0 Å². The van der Waals surface area contributed by atoms with E-state index in [1.165, 1.54) is 16.7 Å². The summed E-state index contributed by atoms with van der Waals surface area (Å²) < 4.78 is 0. The molecule has 0 bridgehead atoms. The Morgan fingerprint density at radius 1 is 1.16 bits per heavy atom. The number of hydrogen-bond acceptors (Lipinski definition) is 1. The molecule has 0 aromatic heterocycles. The summed E-state index contributed by atoms with van der Waals surface area (Å²) >= 11 is 0. The molecule has 0 atom stereocenters. The highest BCUT2D eigenvalue weighted by Crippen LogP contribution is 2.10. The molecule has 0 amide bonds. The van der Waals surface area contributed by atoms with E-state index in [-0.39, 0.29) is 0 Å². The summed E-state index contributed by atoms with van der Waals surface area (Å²) in [6.07, 6.45) is 2.11. The van der Waals surface area contributed by atoms with Crippen LogP contribution in [-0.2, 0) is 6.42 Å². The first-order chi connectivity index (χ1) is 9.17. The minimum absolute atomic E-state index is 0.874. The Bertz CT molecular complexity index is 410. The lowest BCUT2D eigenvalue weighted by molar-refractivity contribution is 0.791. The molecule has 0 spiro atoms. The fraction of sp³-hybridized carbons (Fsp3) is 0.562. The highest BCUT2D eigenvalue weighted by molar-refractivity contribution is 5.79. The standard InChI is InChI=1S/C16H27N3/c1-5-10-18-16(17-6-2)19-11-9-15-8-7-13(3)12-14(15)4/h7-8,12H,5-6,9-11H2,1-4H3,(H2,17,18,19). The maximum atomic E-state index is 4.49. The molecule has 0 aliphatic rings. The lowest BCUT2D eigenvalue weighted by atomic mass is 10.0. The molecule has 0 saturated carbocycles. The van der Waals surface area contributed by atoms with Gasteiger partial charge in [0.15, 0.2) is 5.96 Å². The van der Waals surface area contributed by atoms with Crippen LogP contribution in [0.5, 0.6) is 0 Å². The number of nitrogens with zero attached hydrogens (tertiary/aromatic N) is 1. The van der Waals surface area contributed by atoms with Crippen LogP contribution in [0.25, 0.3) is 0 Å². The van der Waals surface area contributed by atoms with E-state index in [4.69, 9.17) is 0 Å². The molecule has 0 aliphatic carbocycles. The molecule has 0 radical (unpaired) electrons. The first-order valence-corrected chi connectivity index (χ1v) is 7.25. The molecule has 1 rings (SSSR count). The van der Waals surface area contributed by atoms with E-state index >= 15 is 0 Å². The van der Waals surface area contributed by atoms with Crippen LogP contribution in [0, 0.1) is 13.8 Å². The van der Waals surface area contributed by atoms with Crippen molar-refractivity contribution in [1.82, 2.24) is 10.6 Å². The zero-order valence-electron chi connectivity index (χ0n) is 12.7. The van der Waals surface area contributed by atoms with Crippen molar-refractivity contribution in [2.75, 3.05) is 19.6 Å². The van der Waals surface area contributed by atoms with Crippen molar-refractivity contribution >= 4 is 5.96 Å². The van der Waals surface area contributed by atoms with Crippen LogP contribution in [0.3, 0.4) is 0 Å². The summed E-state index contributed by atoms with van der Waals surface area (Å²) in [7, 11) is 0. The molecule has 106 valence electrons. The van der Waals surface area contributed by atoms with Crippen molar-refractivity contribution in [2.45, 2.75) is 40.5 Å². The van der Waals surface area contributed by atoms with E-state index in [9.17, 15) is 0 Å². The van der Waals surface area contributed by atoms with E-state index in [1.807, 2.05) is 0 Å². The third kappa shape index (κ3) is 5.77. The Morgan fingerprint density at radius 3 is 2.58 bits per heavy atom. The van der Waals surface area contributed by atoms with Gasteiger partial charge in [-0.05, 0) is 44.7 Å². The molecule has 1 aromatic rings. The van der Waals surface area contributed by atoms with E-state index in [0.717, 1.165) is 38.4 Å². The molecule has 1 aromatic carbocycles. The van der Waals surface area contributed by atoms with Crippen LogP contribution in [0.4, 0.5) is 0 Å². The molecular formula is C16H27N3. The molecule has 0 saturated heterocycles. The number of aliphatic imine (C=N–C) groups is 1. The first kappa shape index (κ1) is 15.5. The number of guanidine groups is 1. The molecule has 2 N–H and O–H groups in total. The lowest BCUT2D eigenvalue weighted by Crippen LogP contribution is -2.38. The maximum absolute atomic E-state index is 4.49. The number of rotatable bonds is 6. The predicted molar refractivity (Wildman–Crippen MR) is 83.9 cm³/mol. The van der Waals surface area contributed by atoms with Crippen LogP contribution >= 0.6 is 0 Å². The third-order valence-electron chi connectivity index (χ3n) is 3.02. The summed E-state index contributed by atoms with van der Waals surface area (Å²) in [6.45, 7) is 11.2. The van der Waals surface area contributed by atoms with E-state index in [0.29, 0.717) is 0 Å². The van der Waals surface area contributed by atoms with Gasteiger partial charge in [-0.15, -0.1) is 0 Å². The van der Waals surface area contributed by atoms with Crippen LogP contribution in [0.1, 0.15) is 37.0 Å². The molecule has 0 unspecified atom stereocenters. The Morgan fingerprint density at radius 2 is 1.95 bits per heavy atom. The maximum Gasteiger partial charge on any atom is 0.191 e. The molecule has 0 fully saturated rings. The summed E-state index contributed by atoms with van der Waals surface area (Å²) in [5.74, 6) is 0.925. The van der Waals surface area contributed by atoms with Crippen molar-refractivity contribution in [2.24, 2.45) is 4.99 Å². The minimum atomic E-state index is 0.874. The summed E-state index contributed by atoms with van der Waals surface area (Å²) in [5, 5.41) is 6.65. The average molecular weight is 261 g/mol. The second-order valence-corrected chi connectivity index (χ2v) is 4.87. The summed E-state index contributed by atoms with van der Waals surface area (Å²) in [6, 6.07) is 6.65. The van der Waals surface area contributed by atoms with Gasteiger partial charge in [0, 0.05) is 19.6 Å². The number of aryl methyl sites for hydroxylation is 2. The first-order valence-electron chi connectivity index (χ1n) is 7.25. The number of nitrogens with one attached hydrogen (secondary N) is 2. The van der Waals surface area contributed by atoms with Crippen molar-refractivity contribution in [1.29, 1.82) is 0 Å². The van der Waals surface area contributed by atoms with Crippen molar-refractivity contribution < 1.29 is 0 Å². The quantitative estimate of drug-likeness (QED) is 0.610. The Labute approximate surface area is 117 Å². The van der Waals surface area contributed by atoms with Gasteiger partial charge < -0.3 is 10.6 Å². The van der Waals surface area contributed by atoms with Crippen LogP contribution in [-0.4, -0.2) is 25.6 Å². The van der Waals surface area contributed by atoms with Gasteiger partial charge in [0.25, 0.3) is 0 Å². The second-order valence-electron chi connectivity index (χ2n) is 4.87. The highest BCUT2D eigenvalue weighted by atomic mass is 15.2. The van der Waals surface area contributed by atoms with Crippen molar-refractivity contribution in [3.63, 3.8) is 0 Å². The van der Waals surface area contributed by atoms with Gasteiger partial charge in [-0.3, -0.25) is 4.99 Å². The molecule has 3 heteroatoms. The fourth-order valence-electron chi connectivity index (χ4n) is 2.01. The molecule has 0 heterocycles. The van der Waals surface area contributed by atoms with Gasteiger partial charge in [0.2, 0.25) is 0 Å². The zero-order valence-corrected chi connectivity index (χ0v) is 12.7. The largest absolute Gasteiger partial charge is 0.357 e. The minimum Gasteiger partial charge on any atom is -0.357 e. The molecule has 19 heavy (non-hydrogen) atoms. The predicted octanol–water partition coefficient (Wildman–Crippen LogP) is 2.81. The average Bonchev–Trinajstić information content (AvgIpc) is 2.38. The van der Waals surface area contributed by atoms with Gasteiger partial charge in [-0.2, -0.15) is 0 Å². The second kappa shape index (κ2) is 8.57. The SMILES string of the molecule is CCCN=C(NCC)NCCc1ccc(C)cc1C. The molecule has 3 nitrogen and oxygen atoms in total. The number of hydrogen-bond donors (Lipinski definition) is 2. The Kier molecular flexibility index (Phi) is 7.01. The monoisotopic (exact) mass is 261 g/mol. The van der Waals surface area contributed by atoms with Gasteiger partial charge in [0.05, 0.1) is 0 Å². The van der Waals surface area contributed by atoms with Gasteiger partial charge in [-0.1, -0.05) is 30.7 Å². The lowest BCUT2D eigenvalue weighted by Gasteiger charge is -2.12. The Hall–Kier alpha value is -1.51. The zero-order chi connectivity index (χ0) is 14.1. The van der Waals surface area contributed by atoms with Crippen molar-refractivity contribution in [3.8, 4) is 0 Å².